The van der Waals surface area contributed by atoms with E-state index in [9.17, 15) is 4.79 Å². The van der Waals surface area contributed by atoms with E-state index >= 15 is 0 Å². The second-order valence-corrected chi connectivity index (χ2v) is 4.14. The van der Waals surface area contributed by atoms with Crippen molar-refractivity contribution in [1.82, 2.24) is 4.90 Å². The number of para-hydroxylation sites is 1. The molecule has 0 atom stereocenters. The Hall–Kier alpha value is -1.77. The summed E-state index contributed by atoms with van der Waals surface area (Å²) in [5.41, 5.74) is 1.55. The number of carbonyl (C=O) groups is 1. The summed E-state index contributed by atoms with van der Waals surface area (Å²) in [6.07, 6.45) is 1.75. The summed E-state index contributed by atoms with van der Waals surface area (Å²) < 4.78 is 0. The van der Waals surface area contributed by atoms with Crippen molar-refractivity contribution in [2.24, 2.45) is 0 Å². The molecule has 3 heteroatoms. The molecule has 0 fully saturated rings. The highest BCUT2D eigenvalue weighted by molar-refractivity contribution is 5.99. The van der Waals surface area contributed by atoms with Crippen molar-refractivity contribution in [3.05, 3.63) is 42.5 Å². The minimum atomic E-state index is 0.0323. The third-order valence-corrected chi connectivity index (χ3v) is 2.64. The summed E-state index contributed by atoms with van der Waals surface area (Å²) in [7, 11) is 1.82. The average molecular weight is 232 g/mol. The molecule has 0 aliphatic rings. The number of nitrogens with one attached hydrogen (secondary N) is 1. The lowest BCUT2D eigenvalue weighted by molar-refractivity contribution is 0.0730. The maximum absolute atomic E-state index is 12.4. The predicted octanol–water partition coefficient (Wildman–Crippen LogP) is 2.76. The standard InChI is InChI=1S/C14H20N2O/c1-5-10-16(11(2)3)14(17)12-8-6-7-9-13(12)15-4/h5-9,11,15H,1,10H2,2-4H3. The lowest BCUT2D eigenvalue weighted by Gasteiger charge is -2.26. The van der Waals surface area contributed by atoms with Crippen LogP contribution in [0, 0.1) is 0 Å². The van der Waals surface area contributed by atoms with Crippen molar-refractivity contribution < 1.29 is 4.79 Å². The largest absolute Gasteiger partial charge is 0.387 e. The Morgan fingerprint density at radius 3 is 2.65 bits per heavy atom. The van der Waals surface area contributed by atoms with Gasteiger partial charge in [0.2, 0.25) is 0 Å². The molecule has 17 heavy (non-hydrogen) atoms. The number of benzene rings is 1. The van der Waals surface area contributed by atoms with E-state index in [0.29, 0.717) is 12.1 Å². The third kappa shape index (κ3) is 3.09. The van der Waals surface area contributed by atoms with E-state index in [1.54, 1.807) is 11.0 Å². The van der Waals surface area contributed by atoms with Crippen molar-refractivity contribution in [1.29, 1.82) is 0 Å². The van der Waals surface area contributed by atoms with Crippen LogP contribution in [0.4, 0.5) is 5.69 Å². The van der Waals surface area contributed by atoms with E-state index < -0.39 is 0 Å². The van der Waals surface area contributed by atoms with Gasteiger partial charge in [0.25, 0.3) is 5.91 Å². The molecule has 1 aromatic carbocycles. The van der Waals surface area contributed by atoms with Gasteiger partial charge in [-0.05, 0) is 26.0 Å². The average Bonchev–Trinajstić information content (AvgIpc) is 2.34. The van der Waals surface area contributed by atoms with Crippen molar-refractivity contribution in [2.45, 2.75) is 19.9 Å². The van der Waals surface area contributed by atoms with E-state index in [1.165, 1.54) is 0 Å². The summed E-state index contributed by atoms with van der Waals surface area (Å²) in [5.74, 6) is 0.0323. The van der Waals surface area contributed by atoms with Crippen molar-refractivity contribution in [3.8, 4) is 0 Å². The summed E-state index contributed by atoms with van der Waals surface area (Å²) in [5, 5.41) is 3.04. The Morgan fingerprint density at radius 1 is 1.47 bits per heavy atom. The van der Waals surface area contributed by atoms with Crippen LogP contribution in [-0.4, -0.2) is 30.4 Å². The van der Waals surface area contributed by atoms with Gasteiger partial charge in [0, 0.05) is 25.3 Å². The van der Waals surface area contributed by atoms with Crippen LogP contribution in [0.1, 0.15) is 24.2 Å². The molecule has 0 aliphatic carbocycles. The van der Waals surface area contributed by atoms with Crippen LogP contribution in [0.25, 0.3) is 0 Å². The molecule has 0 saturated heterocycles. The molecular formula is C14H20N2O. The van der Waals surface area contributed by atoms with Crippen LogP contribution in [-0.2, 0) is 0 Å². The maximum Gasteiger partial charge on any atom is 0.256 e. The molecule has 0 saturated carbocycles. The zero-order valence-electron chi connectivity index (χ0n) is 10.7. The van der Waals surface area contributed by atoms with Crippen LogP contribution in [0.15, 0.2) is 36.9 Å². The van der Waals surface area contributed by atoms with Crippen LogP contribution in [0.2, 0.25) is 0 Å². The zero-order valence-corrected chi connectivity index (χ0v) is 10.7. The van der Waals surface area contributed by atoms with Gasteiger partial charge in [-0.15, -0.1) is 6.58 Å². The monoisotopic (exact) mass is 232 g/mol. The number of carbonyl (C=O) groups excluding carboxylic acids is 1. The van der Waals surface area contributed by atoms with Gasteiger partial charge in [0.05, 0.1) is 5.56 Å². The highest BCUT2D eigenvalue weighted by Crippen LogP contribution is 2.17. The molecule has 92 valence electrons. The van der Waals surface area contributed by atoms with Gasteiger partial charge in [0.15, 0.2) is 0 Å². The van der Waals surface area contributed by atoms with E-state index in [0.717, 1.165) is 5.69 Å². The number of hydrogen-bond donors (Lipinski definition) is 1. The Labute approximate surface area is 103 Å². The summed E-state index contributed by atoms with van der Waals surface area (Å²) in [4.78, 5) is 14.2. The molecule has 3 nitrogen and oxygen atoms in total. The van der Waals surface area contributed by atoms with E-state index in [2.05, 4.69) is 11.9 Å². The van der Waals surface area contributed by atoms with Crippen molar-refractivity contribution >= 4 is 11.6 Å². The minimum absolute atomic E-state index is 0.0323. The van der Waals surface area contributed by atoms with Crippen molar-refractivity contribution in [2.75, 3.05) is 18.9 Å². The molecule has 0 aromatic heterocycles. The molecule has 1 amide bonds. The smallest absolute Gasteiger partial charge is 0.256 e. The van der Waals surface area contributed by atoms with Gasteiger partial charge >= 0.3 is 0 Å². The first kappa shape index (κ1) is 13.3. The third-order valence-electron chi connectivity index (χ3n) is 2.64. The lowest BCUT2D eigenvalue weighted by Crippen LogP contribution is -2.37. The molecule has 0 bridgehead atoms. The normalized spacial score (nSPS) is 10.1. The SMILES string of the molecule is C=CCN(C(=O)c1ccccc1NC)C(C)C. The van der Waals surface area contributed by atoms with E-state index in [-0.39, 0.29) is 11.9 Å². The fourth-order valence-electron chi connectivity index (χ4n) is 1.71. The molecule has 0 unspecified atom stereocenters. The van der Waals surface area contributed by atoms with Crippen molar-refractivity contribution in [3.63, 3.8) is 0 Å². The first-order valence-electron chi connectivity index (χ1n) is 5.80. The molecular weight excluding hydrogens is 212 g/mol. The Balaban J connectivity index is 3.04. The van der Waals surface area contributed by atoms with Gasteiger partial charge in [0.1, 0.15) is 0 Å². The number of amides is 1. The Morgan fingerprint density at radius 2 is 2.12 bits per heavy atom. The number of rotatable bonds is 5. The molecule has 0 spiro atoms. The van der Waals surface area contributed by atoms with Gasteiger partial charge < -0.3 is 10.2 Å². The van der Waals surface area contributed by atoms with Gasteiger partial charge in [-0.2, -0.15) is 0 Å². The fourth-order valence-corrected chi connectivity index (χ4v) is 1.71. The lowest BCUT2D eigenvalue weighted by atomic mass is 10.1. The molecule has 1 aromatic rings. The Bertz CT molecular complexity index is 399. The quantitative estimate of drug-likeness (QED) is 0.792. The highest BCUT2D eigenvalue weighted by atomic mass is 16.2. The first-order valence-corrected chi connectivity index (χ1v) is 5.80. The molecule has 1 N–H and O–H groups in total. The van der Waals surface area contributed by atoms with Crippen LogP contribution in [0.3, 0.4) is 0 Å². The zero-order chi connectivity index (χ0) is 12.8. The molecule has 0 aliphatic heterocycles. The molecule has 0 radical (unpaired) electrons. The minimum Gasteiger partial charge on any atom is -0.387 e. The Kier molecular flexibility index (Phi) is 4.76. The number of hydrogen-bond acceptors (Lipinski definition) is 2. The molecule has 0 heterocycles. The van der Waals surface area contributed by atoms with Crippen LogP contribution < -0.4 is 5.32 Å². The second-order valence-electron chi connectivity index (χ2n) is 4.14. The molecule has 1 rings (SSSR count). The summed E-state index contributed by atoms with van der Waals surface area (Å²) in [6, 6.07) is 7.69. The topological polar surface area (TPSA) is 32.3 Å². The van der Waals surface area contributed by atoms with Gasteiger partial charge in [-0.1, -0.05) is 18.2 Å². The summed E-state index contributed by atoms with van der Waals surface area (Å²) >= 11 is 0. The predicted molar refractivity (Wildman–Crippen MR) is 72.4 cm³/mol. The highest BCUT2D eigenvalue weighted by Gasteiger charge is 2.19. The van der Waals surface area contributed by atoms with Crippen LogP contribution >= 0.6 is 0 Å². The van der Waals surface area contributed by atoms with E-state index in [1.807, 2.05) is 45.2 Å². The van der Waals surface area contributed by atoms with Gasteiger partial charge in [-0.25, -0.2) is 0 Å². The number of anilines is 1. The second kappa shape index (κ2) is 6.09. The summed E-state index contributed by atoms with van der Waals surface area (Å²) in [6.45, 7) is 8.26. The maximum atomic E-state index is 12.4. The van der Waals surface area contributed by atoms with Gasteiger partial charge in [-0.3, -0.25) is 4.79 Å². The first-order chi connectivity index (χ1) is 8.11. The fraction of sp³-hybridized carbons (Fsp3) is 0.357. The van der Waals surface area contributed by atoms with Crippen LogP contribution in [0.5, 0.6) is 0 Å². The van der Waals surface area contributed by atoms with E-state index in [4.69, 9.17) is 0 Å². The number of nitrogens with zero attached hydrogens (tertiary/aromatic N) is 1.